The zero-order valence-electron chi connectivity index (χ0n) is 8.47. The molecule has 2 aromatic rings. The van der Waals surface area contributed by atoms with E-state index in [2.05, 4.69) is 0 Å². The molecule has 0 aliphatic rings. The average Bonchev–Trinajstić information content (AvgIpc) is 2.71. The monoisotopic (exact) mass is 220 g/mol. The van der Waals surface area contributed by atoms with Crippen molar-refractivity contribution in [1.82, 2.24) is 0 Å². The van der Waals surface area contributed by atoms with Gasteiger partial charge in [0.1, 0.15) is 5.76 Å². The van der Waals surface area contributed by atoms with Crippen LogP contribution < -0.4 is 0 Å². The van der Waals surface area contributed by atoms with E-state index in [-0.39, 0.29) is 0 Å². The third kappa shape index (κ3) is 2.57. The highest BCUT2D eigenvalue weighted by atomic mass is 32.2. The maximum atomic E-state index is 11.0. The van der Waals surface area contributed by atoms with Crippen molar-refractivity contribution in [1.29, 1.82) is 0 Å². The maximum Gasteiger partial charge on any atom is 0.133 e. The molecular formula is C12H12O2S. The summed E-state index contributed by atoms with van der Waals surface area (Å²) in [6.45, 7) is 0. The van der Waals surface area contributed by atoms with E-state index in [1.54, 1.807) is 12.5 Å². The van der Waals surface area contributed by atoms with Crippen LogP contribution in [0.25, 0.3) is 11.3 Å². The molecule has 0 N–H and O–H groups in total. The van der Waals surface area contributed by atoms with Crippen LogP contribution in [0.3, 0.4) is 0 Å². The summed E-state index contributed by atoms with van der Waals surface area (Å²) in [6, 6.07) is 11.7. The number of hydrogen-bond acceptors (Lipinski definition) is 2. The molecule has 15 heavy (non-hydrogen) atoms. The van der Waals surface area contributed by atoms with Gasteiger partial charge in [-0.3, -0.25) is 4.21 Å². The van der Waals surface area contributed by atoms with Gasteiger partial charge >= 0.3 is 0 Å². The second-order valence-corrected chi connectivity index (χ2v) is 4.83. The quantitative estimate of drug-likeness (QED) is 0.796. The molecule has 0 saturated heterocycles. The molecule has 0 spiro atoms. The smallest absolute Gasteiger partial charge is 0.133 e. The number of hydrogen-bond donors (Lipinski definition) is 0. The molecule has 0 bridgehead atoms. The maximum absolute atomic E-state index is 11.0. The molecule has 2 rings (SSSR count). The summed E-state index contributed by atoms with van der Waals surface area (Å²) < 4.78 is 16.3. The molecule has 0 amide bonds. The highest BCUT2D eigenvalue weighted by molar-refractivity contribution is 7.83. The minimum Gasteiger partial charge on any atom is -0.464 e. The summed E-state index contributed by atoms with van der Waals surface area (Å²) in [5.41, 5.74) is 2.14. The zero-order chi connectivity index (χ0) is 10.7. The lowest BCUT2D eigenvalue weighted by molar-refractivity contribution is 0.582. The lowest BCUT2D eigenvalue weighted by atomic mass is 10.1. The van der Waals surface area contributed by atoms with E-state index in [0.29, 0.717) is 5.75 Å². The molecule has 1 atom stereocenters. The van der Waals surface area contributed by atoms with Crippen molar-refractivity contribution >= 4 is 10.8 Å². The number of rotatable bonds is 3. The number of benzene rings is 1. The minimum atomic E-state index is -0.783. The fourth-order valence-corrected chi connectivity index (χ4v) is 2.10. The Morgan fingerprint density at radius 2 is 1.93 bits per heavy atom. The highest BCUT2D eigenvalue weighted by Gasteiger charge is 2.01. The van der Waals surface area contributed by atoms with E-state index in [4.69, 9.17) is 4.42 Å². The third-order valence-electron chi connectivity index (χ3n) is 2.13. The van der Waals surface area contributed by atoms with Crippen LogP contribution in [0.4, 0.5) is 0 Å². The molecular weight excluding hydrogens is 208 g/mol. The first kappa shape index (κ1) is 10.2. The molecule has 1 heterocycles. The first-order valence-electron chi connectivity index (χ1n) is 4.68. The Hall–Kier alpha value is -1.35. The van der Waals surface area contributed by atoms with Crippen molar-refractivity contribution in [2.24, 2.45) is 0 Å². The predicted octanol–water partition coefficient (Wildman–Crippen LogP) is 2.83. The summed E-state index contributed by atoms with van der Waals surface area (Å²) >= 11 is 0. The van der Waals surface area contributed by atoms with E-state index in [1.807, 2.05) is 36.4 Å². The Morgan fingerprint density at radius 1 is 1.20 bits per heavy atom. The Balaban J connectivity index is 2.21. The van der Waals surface area contributed by atoms with Gasteiger partial charge in [-0.2, -0.15) is 0 Å². The van der Waals surface area contributed by atoms with Crippen molar-refractivity contribution in [3.63, 3.8) is 0 Å². The Morgan fingerprint density at radius 3 is 2.47 bits per heavy atom. The summed E-state index contributed by atoms with van der Waals surface area (Å²) in [6.07, 6.45) is 3.37. The molecule has 78 valence electrons. The van der Waals surface area contributed by atoms with Crippen LogP contribution in [-0.2, 0) is 16.6 Å². The van der Waals surface area contributed by atoms with Gasteiger partial charge in [0.15, 0.2) is 0 Å². The number of furan rings is 1. The van der Waals surface area contributed by atoms with Crippen molar-refractivity contribution in [2.45, 2.75) is 5.75 Å². The van der Waals surface area contributed by atoms with Gasteiger partial charge in [0.05, 0.1) is 6.26 Å². The van der Waals surface area contributed by atoms with E-state index in [0.717, 1.165) is 16.9 Å². The minimum absolute atomic E-state index is 0.610. The Kier molecular flexibility index (Phi) is 3.02. The normalized spacial score (nSPS) is 12.6. The summed E-state index contributed by atoms with van der Waals surface area (Å²) in [5.74, 6) is 1.47. The van der Waals surface area contributed by atoms with Crippen LogP contribution in [0.1, 0.15) is 5.56 Å². The lowest BCUT2D eigenvalue weighted by Gasteiger charge is -2.00. The van der Waals surface area contributed by atoms with Crippen LogP contribution in [0, 0.1) is 0 Å². The van der Waals surface area contributed by atoms with Gasteiger partial charge in [0.25, 0.3) is 0 Å². The van der Waals surface area contributed by atoms with Gasteiger partial charge in [-0.15, -0.1) is 0 Å². The lowest BCUT2D eigenvalue weighted by Crippen LogP contribution is -1.91. The van der Waals surface area contributed by atoms with Crippen LogP contribution in [0.2, 0.25) is 0 Å². The molecule has 0 fully saturated rings. The van der Waals surface area contributed by atoms with Gasteiger partial charge in [-0.25, -0.2) is 0 Å². The fourth-order valence-electron chi connectivity index (χ4n) is 1.44. The van der Waals surface area contributed by atoms with Crippen LogP contribution in [0.15, 0.2) is 47.1 Å². The summed E-state index contributed by atoms with van der Waals surface area (Å²) in [5, 5.41) is 0. The van der Waals surface area contributed by atoms with E-state index in [1.165, 1.54) is 0 Å². The standard InChI is InChI=1S/C12H12O2S/c1-15(13)9-10-4-6-11(7-5-10)12-3-2-8-14-12/h2-8H,9H2,1H3. The van der Waals surface area contributed by atoms with Crippen LogP contribution in [-0.4, -0.2) is 10.5 Å². The topological polar surface area (TPSA) is 30.2 Å². The van der Waals surface area contributed by atoms with Gasteiger partial charge in [0, 0.05) is 28.4 Å². The molecule has 3 heteroatoms. The molecule has 1 unspecified atom stereocenters. The molecule has 0 saturated carbocycles. The van der Waals surface area contributed by atoms with Gasteiger partial charge in [-0.1, -0.05) is 24.3 Å². The fraction of sp³-hybridized carbons (Fsp3) is 0.167. The van der Waals surface area contributed by atoms with Crippen LogP contribution >= 0.6 is 0 Å². The summed E-state index contributed by atoms with van der Waals surface area (Å²) in [4.78, 5) is 0. The van der Waals surface area contributed by atoms with Crippen molar-refractivity contribution < 1.29 is 8.63 Å². The second-order valence-electron chi connectivity index (χ2n) is 3.39. The molecule has 0 aliphatic heterocycles. The van der Waals surface area contributed by atoms with Crippen LogP contribution in [0.5, 0.6) is 0 Å². The molecule has 0 aliphatic carbocycles. The van der Waals surface area contributed by atoms with Gasteiger partial charge in [0.2, 0.25) is 0 Å². The third-order valence-corrected chi connectivity index (χ3v) is 2.87. The molecule has 2 nitrogen and oxygen atoms in total. The van der Waals surface area contributed by atoms with E-state index >= 15 is 0 Å². The van der Waals surface area contributed by atoms with Crippen molar-refractivity contribution in [3.8, 4) is 11.3 Å². The second kappa shape index (κ2) is 4.45. The van der Waals surface area contributed by atoms with Crippen molar-refractivity contribution in [3.05, 3.63) is 48.2 Å². The summed E-state index contributed by atoms with van der Waals surface area (Å²) in [7, 11) is -0.783. The predicted molar refractivity (Wildman–Crippen MR) is 61.9 cm³/mol. The average molecular weight is 220 g/mol. The zero-order valence-corrected chi connectivity index (χ0v) is 9.29. The molecule has 1 aromatic carbocycles. The van der Waals surface area contributed by atoms with E-state index < -0.39 is 10.8 Å². The largest absolute Gasteiger partial charge is 0.464 e. The highest BCUT2D eigenvalue weighted by Crippen LogP contribution is 2.20. The Bertz CT molecular complexity index is 443. The first-order valence-corrected chi connectivity index (χ1v) is 6.41. The van der Waals surface area contributed by atoms with E-state index in [9.17, 15) is 4.21 Å². The SMILES string of the molecule is CS(=O)Cc1ccc(-c2ccco2)cc1. The van der Waals surface area contributed by atoms with Gasteiger partial charge < -0.3 is 4.42 Å². The van der Waals surface area contributed by atoms with Gasteiger partial charge in [-0.05, 0) is 17.7 Å². The molecule has 1 aromatic heterocycles. The first-order chi connectivity index (χ1) is 7.25. The Labute approximate surface area is 91.4 Å². The molecule has 0 radical (unpaired) electrons. The van der Waals surface area contributed by atoms with Crippen molar-refractivity contribution in [2.75, 3.05) is 6.26 Å².